The van der Waals surface area contributed by atoms with Crippen LogP contribution in [0.3, 0.4) is 0 Å². The average molecular weight is 717 g/mol. The SMILES string of the molecule is C1=C(c2ccccc2)NC(n2c3ccccc3c3cc(-c4ccc(-c5ccc6c(c5)c5ccccc5n6-c5ccccc5)cc4)ccc32)N=C1c1ccccc1. The number of nitrogens with one attached hydrogen (secondary N) is 1. The van der Waals surface area contributed by atoms with Crippen LogP contribution in [0.25, 0.3) is 77.2 Å². The second kappa shape index (κ2) is 13.2. The molecule has 4 nitrogen and oxygen atoms in total. The molecule has 0 spiro atoms. The number of fused-ring (bicyclic) bond motifs is 6. The molecule has 1 atom stereocenters. The van der Waals surface area contributed by atoms with Gasteiger partial charge in [0.05, 0.1) is 27.8 Å². The smallest absolute Gasteiger partial charge is 0.201 e. The van der Waals surface area contributed by atoms with Crippen LogP contribution in [0, 0.1) is 0 Å². The number of nitrogens with zero attached hydrogens (tertiary/aromatic N) is 3. The molecule has 1 unspecified atom stereocenters. The number of aromatic nitrogens is 2. The Morgan fingerprint density at radius 3 is 1.50 bits per heavy atom. The minimum Gasteiger partial charge on any atom is -0.346 e. The van der Waals surface area contributed by atoms with Crippen molar-refractivity contribution in [2.45, 2.75) is 6.29 Å². The first-order valence-corrected chi connectivity index (χ1v) is 19.2. The van der Waals surface area contributed by atoms with Crippen molar-refractivity contribution < 1.29 is 0 Å². The molecule has 56 heavy (non-hydrogen) atoms. The Balaban J connectivity index is 0.974. The molecule has 264 valence electrons. The molecule has 11 rings (SSSR count). The van der Waals surface area contributed by atoms with Crippen LogP contribution in [0.15, 0.2) is 211 Å². The lowest BCUT2D eigenvalue weighted by molar-refractivity contribution is 0.508. The van der Waals surface area contributed by atoms with Gasteiger partial charge < -0.3 is 14.5 Å². The normalized spacial score (nSPS) is 14.2. The first-order chi connectivity index (χ1) is 27.8. The number of para-hydroxylation sites is 3. The Kier molecular flexibility index (Phi) is 7.52. The van der Waals surface area contributed by atoms with Gasteiger partial charge in [0.25, 0.3) is 0 Å². The fourth-order valence-electron chi connectivity index (χ4n) is 8.50. The molecule has 1 N–H and O–H groups in total. The van der Waals surface area contributed by atoms with Crippen LogP contribution in [-0.2, 0) is 0 Å². The molecule has 10 aromatic rings. The molecule has 0 fully saturated rings. The molecule has 0 radical (unpaired) electrons. The average Bonchev–Trinajstić information content (AvgIpc) is 3.79. The summed E-state index contributed by atoms with van der Waals surface area (Å²) in [5.41, 5.74) is 14.9. The number of rotatable bonds is 6. The highest BCUT2D eigenvalue weighted by atomic mass is 15.3. The first-order valence-electron chi connectivity index (χ1n) is 19.2. The Morgan fingerprint density at radius 2 is 0.839 bits per heavy atom. The minimum atomic E-state index is -0.336. The van der Waals surface area contributed by atoms with Crippen LogP contribution in [0.2, 0.25) is 0 Å². The molecule has 0 amide bonds. The van der Waals surface area contributed by atoms with E-state index >= 15 is 0 Å². The fourth-order valence-corrected chi connectivity index (χ4v) is 8.50. The van der Waals surface area contributed by atoms with Gasteiger partial charge in [0.2, 0.25) is 6.29 Å². The zero-order valence-corrected chi connectivity index (χ0v) is 30.5. The Bertz CT molecular complexity index is 3130. The molecule has 1 aliphatic rings. The lowest BCUT2D eigenvalue weighted by atomic mass is 9.98. The summed E-state index contributed by atoms with van der Waals surface area (Å²) in [5.74, 6) is 0. The van der Waals surface area contributed by atoms with E-state index in [1.54, 1.807) is 0 Å². The molecule has 0 aliphatic carbocycles. The van der Waals surface area contributed by atoms with E-state index in [0.717, 1.165) is 33.6 Å². The molecule has 2 aromatic heterocycles. The van der Waals surface area contributed by atoms with E-state index in [0.29, 0.717) is 0 Å². The summed E-state index contributed by atoms with van der Waals surface area (Å²) in [6.07, 6.45) is 1.83. The quantitative estimate of drug-likeness (QED) is 0.183. The van der Waals surface area contributed by atoms with Gasteiger partial charge >= 0.3 is 0 Å². The van der Waals surface area contributed by atoms with E-state index < -0.39 is 0 Å². The molecule has 8 aromatic carbocycles. The van der Waals surface area contributed by atoms with Gasteiger partial charge in [-0.25, -0.2) is 4.99 Å². The van der Waals surface area contributed by atoms with Crippen LogP contribution in [0.4, 0.5) is 0 Å². The fraction of sp³-hybridized carbons (Fsp3) is 0.0192. The molecule has 0 saturated carbocycles. The summed E-state index contributed by atoms with van der Waals surface area (Å²) in [5, 5.41) is 8.72. The monoisotopic (exact) mass is 716 g/mol. The van der Waals surface area contributed by atoms with Crippen LogP contribution in [0.1, 0.15) is 17.4 Å². The van der Waals surface area contributed by atoms with E-state index in [4.69, 9.17) is 4.99 Å². The molecule has 4 heteroatoms. The Hall–Kier alpha value is -7.43. The first kappa shape index (κ1) is 32.0. The van der Waals surface area contributed by atoms with Crippen molar-refractivity contribution in [3.8, 4) is 27.9 Å². The summed E-state index contributed by atoms with van der Waals surface area (Å²) in [7, 11) is 0. The molecule has 1 aliphatic heterocycles. The van der Waals surface area contributed by atoms with Gasteiger partial charge in [-0.15, -0.1) is 0 Å². The van der Waals surface area contributed by atoms with Crippen molar-refractivity contribution in [1.82, 2.24) is 14.5 Å². The Labute approximate surface area is 324 Å². The highest BCUT2D eigenvalue weighted by Gasteiger charge is 2.23. The predicted octanol–water partition coefficient (Wildman–Crippen LogP) is 12.8. The largest absolute Gasteiger partial charge is 0.346 e. The van der Waals surface area contributed by atoms with E-state index in [2.05, 4.69) is 215 Å². The van der Waals surface area contributed by atoms with Gasteiger partial charge in [0, 0.05) is 32.9 Å². The van der Waals surface area contributed by atoms with Crippen molar-refractivity contribution in [3.63, 3.8) is 0 Å². The van der Waals surface area contributed by atoms with Gasteiger partial charge in [0.1, 0.15) is 0 Å². The van der Waals surface area contributed by atoms with Gasteiger partial charge in [0.15, 0.2) is 0 Å². The predicted molar refractivity (Wildman–Crippen MR) is 234 cm³/mol. The number of benzene rings is 8. The maximum absolute atomic E-state index is 5.33. The molecular formula is C52H36N4. The maximum Gasteiger partial charge on any atom is 0.201 e. The third-order valence-corrected chi connectivity index (χ3v) is 11.2. The maximum atomic E-state index is 5.33. The van der Waals surface area contributed by atoms with Crippen LogP contribution >= 0.6 is 0 Å². The molecule has 0 saturated heterocycles. The van der Waals surface area contributed by atoms with Crippen LogP contribution in [-0.4, -0.2) is 14.8 Å². The van der Waals surface area contributed by atoms with Crippen LogP contribution < -0.4 is 5.32 Å². The minimum absolute atomic E-state index is 0.336. The summed E-state index contributed by atoms with van der Waals surface area (Å²) in [6, 6.07) is 71.7. The third kappa shape index (κ3) is 5.34. The summed E-state index contributed by atoms with van der Waals surface area (Å²) < 4.78 is 4.71. The standard InChI is InChI=1S/C52H36N4/c1-4-14-37(15-5-1)46-34-47(38-16-6-2-7-17-38)54-52(53-46)56-49-23-13-11-21-43(49)45-33-40(29-31-51(45)56)36-26-24-35(25-27-36)39-28-30-50-44(32-39)42-20-10-12-22-48(42)55(50)41-18-8-3-9-19-41/h1-34,52-53H. The van der Waals surface area contributed by atoms with Gasteiger partial charge in [-0.2, -0.15) is 0 Å². The zero-order chi connectivity index (χ0) is 37.0. The van der Waals surface area contributed by atoms with Crippen molar-refractivity contribution in [3.05, 3.63) is 217 Å². The summed E-state index contributed by atoms with van der Waals surface area (Å²) in [6.45, 7) is 0. The van der Waals surface area contributed by atoms with E-state index in [1.807, 2.05) is 6.07 Å². The number of hydrogen-bond acceptors (Lipinski definition) is 2. The number of hydrogen-bond donors (Lipinski definition) is 1. The second-order valence-electron chi connectivity index (χ2n) is 14.4. The van der Waals surface area contributed by atoms with Gasteiger partial charge in [-0.05, 0) is 88.0 Å². The second-order valence-corrected chi connectivity index (χ2v) is 14.4. The van der Waals surface area contributed by atoms with E-state index in [-0.39, 0.29) is 6.29 Å². The van der Waals surface area contributed by atoms with Gasteiger partial charge in [-0.1, -0.05) is 152 Å². The van der Waals surface area contributed by atoms with Crippen molar-refractivity contribution >= 4 is 55.0 Å². The zero-order valence-electron chi connectivity index (χ0n) is 30.5. The van der Waals surface area contributed by atoms with Crippen LogP contribution in [0.5, 0.6) is 0 Å². The van der Waals surface area contributed by atoms with Crippen molar-refractivity contribution in [2.24, 2.45) is 4.99 Å². The molecule has 0 bridgehead atoms. The highest BCUT2D eigenvalue weighted by Crippen LogP contribution is 2.38. The summed E-state index contributed by atoms with van der Waals surface area (Å²) in [4.78, 5) is 5.33. The van der Waals surface area contributed by atoms with Gasteiger partial charge in [-0.3, -0.25) is 0 Å². The topological polar surface area (TPSA) is 34.2 Å². The lowest BCUT2D eigenvalue weighted by Gasteiger charge is -2.27. The van der Waals surface area contributed by atoms with E-state index in [1.165, 1.54) is 60.5 Å². The number of aliphatic imine (C=N–C) groups is 1. The molecular weight excluding hydrogens is 681 g/mol. The highest BCUT2D eigenvalue weighted by molar-refractivity contribution is 6.14. The lowest BCUT2D eigenvalue weighted by Crippen LogP contribution is -2.29. The Morgan fingerprint density at radius 1 is 0.375 bits per heavy atom. The van der Waals surface area contributed by atoms with Crippen molar-refractivity contribution in [1.29, 1.82) is 0 Å². The van der Waals surface area contributed by atoms with Crippen molar-refractivity contribution in [2.75, 3.05) is 0 Å². The third-order valence-electron chi connectivity index (χ3n) is 11.2. The number of allylic oxidation sites excluding steroid dienone is 1. The molecule has 3 heterocycles. The summed E-state index contributed by atoms with van der Waals surface area (Å²) >= 11 is 0. The van der Waals surface area contributed by atoms with E-state index in [9.17, 15) is 0 Å².